The van der Waals surface area contributed by atoms with Crippen molar-refractivity contribution >= 4 is 6.29 Å². The number of hydrogen-bond donors (Lipinski definition) is 0. The Morgan fingerprint density at radius 2 is 1.69 bits per heavy atom. The predicted octanol–water partition coefficient (Wildman–Crippen LogP) is 4.89. The number of benzene rings is 2. The molecule has 0 aliphatic heterocycles. The van der Waals surface area contributed by atoms with E-state index >= 15 is 0 Å². The molecule has 4 nitrogen and oxygen atoms in total. The van der Waals surface area contributed by atoms with Crippen LogP contribution < -0.4 is 14.2 Å². The molecule has 0 N–H and O–H groups in total. The van der Waals surface area contributed by atoms with Crippen molar-refractivity contribution < 1.29 is 23.4 Å². The molecule has 0 bridgehead atoms. The predicted molar refractivity (Wildman–Crippen MR) is 98.6 cm³/mol. The molecule has 0 radical (unpaired) electrons. The van der Waals surface area contributed by atoms with Gasteiger partial charge in [0.05, 0.1) is 19.8 Å². The zero-order chi connectivity index (χ0) is 18.9. The second-order valence-corrected chi connectivity index (χ2v) is 5.96. The topological polar surface area (TPSA) is 44.8 Å². The van der Waals surface area contributed by atoms with Crippen LogP contribution in [0.2, 0.25) is 0 Å². The Hall–Kier alpha value is -2.56. The van der Waals surface area contributed by atoms with E-state index in [0.717, 1.165) is 30.3 Å². The summed E-state index contributed by atoms with van der Waals surface area (Å²) in [5.74, 6) is 2.21. The van der Waals surface area contributed by atoms with Gasteiger partial charge in [-0.3, -0.25) is 0 Å². The summed E-state index contributed by atoms with van der Waals surface area (Å²) in [5.41, 5.74) is 1.90. The summed E-state index contributed by atoms with van der Waals surface area (Å²) in [6, 6.07) is 10.3. The zero-order valence-electron chi connectivity index (χ0n) is 15.5. The van der Waals surface area contributed by atoms with Gasteiger partial charge in [-0.25, -0.2) is 4.39 Å². The van der Waals surface area contributed by atoms with Crippen molar-refractivity contribution in [2.45, 2.75) is 38.7 Å². The van der Waals surface area contributed by atoms with E-state index in [4.69, 9.17) is 14.2 Å². The van der Waals surface area contributed by atoms with Crippen molar-refractivity contribution in [3.8, 4) is 17.2 Å². The van der Waals surface area contributed by atoms with E-state index in [2.05, 4.69) is 0 Å². The molecule has 3 rings (SSSR count). The van der Waals surface area contributed by atoms with E-state index in [0.29, 0.717) is 29.6 Å². The third kappa shape index (κ3) is 5.22. The van der Waals surface area contributed by atoms with E-state index < -0.39 is 0 Å². The maximum atomic E-state index is 13.5. The summed E-state index contributed by atoms with van der Waals surface area (Å²) in [6.07, 6.45) is 3.79. The van der Waals surface area contributed by atoms with E-state index in [1.807, 2.05) is 31.2 Å². The van der Waals surface area contributed by atoms with Crippen LogP contribution in [-0.2, 0) is 11.4 Å². The van der Waals surface area contributed by atoms with Gasteiger partial charge in [0.15, 0.2) is 0 Å². The third-order valence-electron chi connectivity index (χ3n) is 4.06. The molecule has 5 heteroatoms. The van der Waals surface area contributed by atoms with Crippen molar-refractivity contribution in [2.24, 2.45) is 0 Å². The van der Waals surface area contributed by atoms with Crippen LogP contribution in [0.15, 0.2) is 36.4 Å². The first-order chi connectivity index (χ1) is 12.6. The Labute approximate surface area is 153 Å². The first-order valence-corrected chi connectivity index (χ1v) is 8.70. The maximum Gasteiger partial charge on any atom is 0.129 e. The molecule has 1 aliphatic carbocycles. The fourth-order valence-electron chi connectivity index (χ4n) is 2.58. The fraction of sp³-hybridized carbons (Fsp3) is 0.381. The van der Waals surface area contributed by atoms with Gasteiger partial charge >= 0.3 is 0 Å². The summed E-state index contributed by atoms with van der Waals surface area (Å²) in [4.78, 5) is 9.17. The Kier molecular flexibility index (Phi) is 7.45. The minimum atomic E-state index is -0.286. The van der Waals surface area contributed by atoms with E-state index in [9.17, 15) is 9.18 Å². The largest absolute Gasteiger partial charge is 0.496 e. The lowest BCUT2D eigenvalue weighted by Gasteiger charge is -2.15. The Balaban J connectivity index is 0.000000552. The number of ether oxygens (including phenoxy) is 3. The van der Waals surface area contributed by atoms with Crippen LogP contribution in [0.25, 0.3) is 0 Å². The van der Waals surface area contributed by atoms with Crippen LogP contribution in [-0.4, -0.2) is 20.5 Å². The lowest BCUT2D eigenvalue weighted by Crippen LogP contribution is -2.03. The highest BCUT2D eigenvalue weighted by molar-refractivity contribution is 5.48. The second-order valence-electron chi connectivity index (χ2n) is 5.96. The van der Waals surface area contributed by atoms with Crippen LogP contribution >= 0.6 is 0 Å². The first-order valence-electron chi connectivity index (χ1n) is 8.70. The van der Waals surface area contributed by atoms with Gasteiger partial charge in [-0.05, 0) is 42.5 Å². The van der Waals surface area contributed by atoms with Gasteiger partial charge in [0.25, 0.3) is 0 Å². The molecule has 0 spiro atoms. The number of rotatable bonds is 7. The molecular weight excluding hydrogens is 335 g/mol. The average Bonchev–Trinajstić information content (AvgIpc) is 3.51. The molecule has 0 aromatic heterocycles. The fourth-order valence-corrected chi connectivity index (χ4v) is 2.58. The molecule has 0 amide bonds. The van der Waals surface area contributed by atoms with Gasteiger partial charge in [0, 0.05) is 12.5 Å². The highest BCUT2D eigenvalue weighted by Crippen LogP contribution is 2.44. The van der Waals surface area contributed by atoms with Gasteiger partial charge < -0.3 is 19.0 Å². The van der Waals surface area contributed by atoms with Gasteiger partial charge in [-0.2, -0.15) is 0 Å². The Bertz CT molecular complexity index is 704. The second kappa shape index (κ2) is 9.80. The number of aldehydes is 1. The molecule has 0 unspecified atom stereocenters. The van der Waals surface area contributed by atoms with Crippen LogP contribution in [0.4, 0.5) is 4.39 Å². The van der Waals surface area contributed by atoms with E-state index in [1.165, 1.54) is 12.1 Å². The van der Waals surface area contributed by atoms with E-state index in [1.54, 1.807) is 14.2 Å². The molecule has 2 aromatic rings. The quantitative estimate of drug-likeness (QED) is 0.659. The van der Waals surface area contributed by atoms with Crippen molar-refractivity contribution in [1.29, 1.82) is 0 Å². The molecular formula is C21H25FO4. The Morgan fingerprint density at radius 1 is 1.08 bits per heavy atom. The Morgan fingerprint density at radius 3 is 2.19 bits per heavy atom. The van der Waals surface area contributed by atoms with Crippen molar-refractivity contribution in [1.82, 2.24) is 0 Å². The summed E-state index contributed by atoms with van der Waals surface area (Å²) < 4.78 is 30.1. The van der Waals surface area contributed by atoms with Crippen LogP contribution in [0.5, 0.6) is 17.2 Å². The number of carbonyl (C=O) groups is 1. The number of methoxy groups -OCH3 is 2. The van der Waals surface area contributed by atoms with Gasteiger partial charge in [0.1, 0.15) is 36.0 Å². The highest BCUT2D eigenvalue weighted by Gasteiger charge is 2.27. The average molecular weight is 360 g/mol. The molecule has 2 aromatic carbocycles. The van der Waals surface area contributed by atoms with Crippen molar-refractivity contribution in [2.75, 3.05) is 14.2 Å². The SMILES string of the molecule is CCC=O.COc1cccc(OC)c1COc1cc(F)ccc1C1CC1. The highest BCUT2D eigenvalue weighted by atomic mass is 19.1. The summed E-state index contributed by atoms with van der Waals surface area (Å²) in [6.45, 7) is 2.09. The minimum Gasteiger partial charge on any atom is -0.496 e. The van der Waals surface area contributed by atoms with Crippen LogP contribution in [0.1, 0.15) is 43.2 Å². The zero-order valence-corrected chi connectivity index (χ0v) is 15.5. The molecule has 1 saturated carbocycles. The number of hydrogen-bond acceptors (Lipinski definition) is 4. The van der Waals surface area contributed by atoms with E-state index in [-0.39, 0.29) is 12.4 Å². The molecule has 0 saturated heterocycles. The lowest BCUT2D eigenvalue weighted by atomic mass is 10.1. The van der Waals surface area contributed by atoms with Crippen LogP contribution in [0.3, 0.4) is 0 Å². The van der Waals surface area contributed by atoms with Crippen LogP contribution in [0, 0.1) is 5.82 Å². The van der Waals surface area contributed by atoms with Gasteiger partial charge in [-0.1, -0.05) is 19.1 Å². The summed E-state index contributed by atoms with van der Waals surface area (Å²) in [5, 5.41) is 0. The molecule has 1 aliphatic rings. The molecule has 140 valence electrons. The molecule has 0 atom stereocenters. The molecule has 0 heterocycles. The minimum absolute atomic E-state index is 0.274. The smallest absolute Gasteiger partial charge is 0.129 e. The van der Waals surface area contributed by atoms with Gasteiger partial charge in [-0.15, -0.1) is 0 Å². The lowest BCUT2D eigenvalue weighted by molar-refractivity contribution is -0.107. The first kappa shape index (κ1) is 19.8. The van der Waals surface area contributed by atoms with Crippen molar-refractivity contribution in [3.63, 3.8) is 0 Å². The monoisotopic (exact) mass is 360 g/mol. The summed E-state index contributed by atoms with van der Waals surface area (Å²) in [7, 11) is 3.21. The molecule has 26 heavy (non-hydrogen) atoms. The maximum absolute atomic E-state index is 13.5. The number of halogens is 1. The number of carbonyl (C=O) groups excluding carboxylic acids is 1. The molecule has 1 fully saturated rings. The van der Waals surface area contributed by atoms with Gasteiger partial charge in [0.2, 0.25) is 0 Å². The van der Waals surface area contributed by atoms with Crippen molar-refractivity contribution in [3.05, 3.63) is 53.3 Å². The third-order valence-corrected chi connectivity index (χ3v) is 4.06. The normalized spacial score (nSPS) is 12.6. The summed E-state index contributed by atoms with van der Waals surface area (Å²) >= 11 is 0. The standard InChI is InChI=1S/C18H19FO3.C3H6O/c1-20-16-4-3-5-17(21-2)15(16)11-22-18-10-13(19)8-9-14(18)12-6-7-12;1-2-3-4/h3-5,8-10,12H,6-7,11H2,1-2H3;3H,2H2,1H3.